The predicted molar refractivity (Wildman–Crippen MR) is 144 cm³/mol. The number of aromatic hydroxyl groups is 2. The van der Waals surface area contributed by atoms with Crippen LogP contribution in [0.4, 0.5) is 0 Å². The van der Waals surface area contributed by atoms with Gasteiger partial charge in [-0.1, -0.05) is 25.1 Å². The zero-order valence-electron chi connectivity index (χ0n) is 21.4. The Hall–Kier alpha value is -3.95. The molecule has 190 valence electrons. The number of rotatable bonds is 6. The highest BCUT2D eigenvalue weighted by Gasteiger charge is 2.30. The second kappa shape index (κ2) is 10.2. The van der Waals surface area contributed by atoms with E-state index in [0.717, 1.165) is 52.6 Å². The average Bonchev–Trinajstić information content (AvgIpc) is 3.35. The van der Waals surface area contributed by atoms with Gasteiger partial charge in [0.15, 0.2) is 0 Å². The Morgan fingerprint density at radius 2 is 1.89 bits per heavy atom. The molecule has 2 aliphatic heterocycles. The molecule has 0 bridgehead atoms. The molecule has 2 N–H and O–H groups in total. The first-order valence-electron chi connectivity index (χ1n) is 12.7. The predicted octanol–water partition coefficient (Wildman–Crippen LogP) is 6.14. The van der Waals surface area contributed by atoms with E-state index in [0.29, 0.717) is 18.4 Å². The number of nitriles is 1. The van der Waals surface area contributed by atoms with Gasteiger partial charge in [0.05, 0.1) is 5.56 Å². The molecule has 3 unspecified atom stereocenters. The van der Waals surface area contributed by atoms with Crippen molar-refractivity contribution in [3.05, 3.63) is 82.9 Å². The maximum absolute atomic E-state index is 10.1. The van der Waals surface area contributed by atoms with Gasteiger partial charge in [0.25, 0.3) is 0 Å². The summed E-state index contributed by atoms with van der Waals surface area (Å²) in [5.41, 5.74) is 4.52. The van der Waals surface area contributed by atoms with Crippen LogP contribution in [0.25, 0.3) is 11.1 Å². The van der Waals surface area contributed by atoms with E-state index in [9.17, 15) is 15.5 Å². The van der Waals surface area contributed by atoms with Gasteiger partial charge >= 0.3 is 0 Å². The highest BCUT2D eigenvalue weighted by molar-refractivity contribution is 5.96. The lowest BCUT2D eigenvalue weighted by Crippen LogP contribution is -2.35. The topological polar surface area (TPSA) is 86.0 Å². The van der Waals surface area contributed by atoms with Crippen LogP contribution in [-0.4, -0.2) is 40.9 Å². The fourth-order valence-electron chi connectivity index (χ4n) is 5.27. The molecule has 37 heavy (non-hydrogen) atoms. The Morgan fingerprint density at radius 1 is 1.11 bits per heavy atom. The molecule has 0 saturated carbocycles. The normalized spacial score (nSPS) is 20.2. The number of nitrogens with zero attached hydrogens (tertiary/aromatic N) is 2. The van der Waals surface area contributed by atoms with Crippen molar-refractivity contribution in [1.29, 1.82) is 5.26 Å². The lowest BCUT2D eigenvalue weighted by atomic mass is 9.85. The Bertz CT molecular complexity index is 1370. The first-order chi connectivity index (χ1) is 17.8. The Morgan fingerprint density at radius 3 is 2.59 bits per heavy atom. The third kappa shape index (κ3) is 5.00. The summed E-state index contributed by atoms with van der Waals surface area (Å²) in [6, 6.07) is 20.4. The van der Waals surface area contributed by atoms with Crippen molar-refractivity contribution in [1.82, 2.24) is 4.90 Å². The zero-order valence-corrected chi connectivity index (χ0v) is 21.4. The summed E-state index contributed by atoms with van der Waals surface area (Å²) < 4.78 is 12.6. The SMILES string of the molecule is CC1=C(c2ccc(O)c(C#N)c2)C(c2ccc(OCC(C)N3CCC(C)C3)cc2)Oc2ccc(O)cc21. The second-order valence-electron chi connectivity index (χ2n) is 10.2. The van der Waals surface area contributed by atoms with Crippen LogP contribution in [-0.2, 0) is 0 Å². The minimum atomic E-state index is -0.438. The van der Waals surface area contributed by atoms with E-state index in [1.54, 1.807) is 30.3 Å². The Labute approximate surface area is 218 Å². The fourth-order valence-corrected chi connectivity index (χ4v) is 5.27. The lowest BCUT2D eigenvalue weighted by Gasteiger charge is -2.31. The molecule has 2 aliphatic rings. The van der Waals surface area contributed by atoms with Crippen molar-refractivity contribution >= 4 is 11.1 Å². The van der Waals surface area contributed by atoms with Crippen molar-refractivity contribution in [2.75, 3.05) is 19.7 Å². The van der Waals surface area contributed by atoms with Gasteiger partial charge in [0.2, 0.25) is 0 Å². The van der Waals surface area contributed by atoms with Gasteiger partial charge in [-0.25, -0.2) is 0 Å². The van der Waals surface area contributed by atoms with Crippen LogP contribution < -0.4 is 9.47 Å². The third-order valence-electron chi connectivity index (χ3n) is 7.46. The highest BCUT2D eigenvalue weighted by Crippen LogP contribution is 2.47. The van der Waals surface area contributed by atoms with Crippen LogP contribution in [0.5, 0.6) is 23.0 Å². The molecular weight excluding hydrogens is 464 g/mol. The summed E-state index contributed by atoms with van der Waals surface area (Å²) in [6.07, 6.45) is 0.808. The first-order valence-corrected chi connectivity index (χ1v) is 12.7. The van der Waals surface area contributed by atoms with Gasteiger partial charge in [-0.2, -0.15) is 5.26 Å². The summed E-state index contributed by atoms with van der Waals surface area (Å²) in [6.45, 7) is 9.38. The van der Waals surface area contributed by atoms with E-state index in [1.165, 1.54) is 12.5 Å². The molecule has 0 amide bonds. The number of hydrogen-bond donors (Lipinski definition) is 2. The number of hydrogen-bond acceptors (Lipinski definition) is 6. The van der Waals surface area contributed by atoms with Crippen molar-refractivity contribution in [2.24, 2.45) is 5.92 Å². The fraction of sp³-hybridized carbons (Fsp3) is 0.323. The van der Waals surface area contributed by atoms with E-state index >= 15 is 0 Å². The molecule has 1 fully saturated rings. The van der Waals surface area contributed by atoms with Gasteiger partial charge in [0, 0.05) is 23.7 Å². The molecule has 0 aromatic heterocycles. The van der Waals surface area contributed by atoms with Crippen LogP contribution in [0.15, 0.2) is 60.7 Å². The van der Waals surface area contributed by atoms with Crippen LogP contribution in [0.1, 0.15) is 55.5 Å². The van der Waals surface area contributed by atoms with E-state index in [2.05, 4.69) is 24.8 Å². The molecule has 2 heterocycles. The smallest absolute Gasteiger partial charge is 0.150 e. The molecule has 6 nitrogen and oxygen atoms in total. The van der Waals surface area contributed by atoms with Gasteiger partial charge in [-0.15, -0.1) is 0 Å². The molecule has 3 aromatic carbocycles. The van der Waals surface area contributed by atoms with E-state index in [-0.39, 0.29) is 17.1 Å². The zero-order chi connectivity index (χ0) is 26.1. The molecule has 1 saturated heterocycles. The molecule has 0 spiro atoms. The second-order valence-corrected chi connectivity index (χ2v) is 10.2. The largest absolute Gasteiger partial charge is 0.508 e. The highest BCUT2D eigenvalue weighted by atomic mass is 16.5. The van der Waals surface area contributed by atoms with Crippen molar-refractivity contribution in [3.8, 4) is 29.1 Å². The summed E-state index contributed by atoms with van der Waals surface area (Å²) in [5, 5.41) is 29.6. The number of phenols is 2. The molecule has 3 aromatic rings. The summed E-state index contributed by atoms with van der Waals surface area (Å²) in [5.74, 6) is 2.33. The van der Waals surface area contributed by atoms with E-state index in [4.69, 9.17) is 9.47 Å². The number of benzene rings is 3. The standard InChI is InChI=1S/C31H32N2O4/c1-19-12-13-33(17-19)20(2)18-36-26-8-4-22(5-9-26)31-30(23-6-10-28(35)24(14-23)16-32)21(3)27-15-25(34)7-11-29(27)37-31/h4-11,14-15,19-20,31,34-35H,12-13,17-18H2,1-3H3. The van der Waals surface area contributed by atoms with Gasteiger partial charge in [-0.05, 0) is 91.9 Å². The summed E-state index contributed by atoms with van der Waals surface area (Å²) in [7, 11) is 0. The van der Waals surface area contributed by atoms with E-state index < -0.39 is 6.10 Å². The van der Waals surface area contributed by atoms with Crippen molar-refractivity contribution in [2.45, 2.75) is 39.3 Å². The summed E-state index contributed by atoms with van der Waals surface area (Å²) in [4.78, 5) is 2.48. The molecule has 5 rings (SSSR count). The van der Waals surface area contributed by atoms with E-state index in [1.807, 2.05) is 31.2 Å². The van der Waals surface area contributed by atoms with Crippen molar-refractivity contribution < 1.29 is 19.7 Å². The van der Waals surface area contributed by atoms with Crippen LogP contribution in [0.2, 0.25) is 0 Å². The number of ether oxygens (including phenoxy) is 2. The maximum atomic E-state index is 10.1. The molecule has 0 aliphatic carbocycles. The molecule has 3 atom stereocenters. The monoisotopic (exact) mass is 496 g/mol. The van der Waals surface area contributed by atoms with Crippen molar-refractivity contribution in [3.63, 3.8) is 0 Å². The van der Waals surface area contributed by atoms with Gasteiger partial charge in [0.1, 0.15) is 41.8 Å². The van der Waals surface area contributed by atoms with Crippen LogP contribution >= 0.6 is 0 Å². The Balaban J connectivity index is 1.44. The third-order valence-corrected chi connectivity index (χ3v) is 7.46. The average molecular weight is 497 g/mol. The molecule has 0 radical (unpaired) electrons. The first kappa shape index (κ1) is 24.7. The molecular formula is C31H32N2O4. The minimum Gasteiger partial charge on any atom is -0.508 e. The maximum Gasteiger partial charge on any atom is 0.150 e. The minimum absolute atomic E-state index is 0.0602. The van der Waals surface area contributed by atoms with Gasteiger partial charge < -0.3 is 19.7 Å². The Kier molecular flexibility index (Phi) is 6.82. The van der Waals surface area contributed by atoms with Crippen LogP contribution in [0, 0.1) is 17.2 Å². The molecule has 6 heteroatoms. The summed E-state index contributed by atoms with van der Waals surface area (Å²) >= 11 is 0. The number of likely N-dealkylation sites (tertiary alicyclic amines) is 1. The number of phenolic OH excluding ortho intramolecular Hbond substituents is 2. The quantitative estimate of drug-likeness (QED) is 0.426. The van der Waals surface area contributed by atoms with Gasteiger partial charge in [-0.3, -0.25) is 4.90 Å². The number of fused-ring (bicyclic) bond motifs is 1. The van der Waals surface area contributed by atoms with Crippen LogP contribution in [0.3, 0.4) is 0 Å². The lowest BCUT2D eigenvalue weighted by molar-refractivity contribution is 0.169. The number of allylic oxidation sites excluding steroid dienone is 1.